The lowest BCUT2D eigenvalue weighted by molar-refractivity contribution is 0.101. The highest BCUT2D eigenvalue weighted by atomic mass is 35.5. The lowest BCUT2D eigenvalue weighted by atomic mass is 10.3. The van der Waals surface area contributed by atoms with E-state index in [1.54, 1.807) is 10.6 Å². The van der Waals surface area contributed by atoms with E-state index in [4.69, 9.17) is 16.3 Å². The van der Waals surface area contributed by atoms with Crippen LogP contribution in [0, 0.1) is 0 Å². The molecule has 0 radical (unpaired) electrons. The number of Topliss-reactive ketones (excluding diaryl/α,β-unsaturated/α-hetero) is 1. The Morgan fingerprint density at radius 2 is 2.33 bits per heavy atom. The molecule has 0 saturated heterocycles. The van der Waals surface area contributed by atoms with Crippen LogP contribution in [0.2, 0.25) is 5.15 Å². The van der Waals surface area contributed by atoms with Gasteiger partial charge in [-0.15, -0.1) is 0 Å². The Kier molecular flexibility index (Phi) is 2.32. The van der Waals surface area contributed by atoms with E-state index in [1.165, 1.54) is 20.2 Å². The lowest BCUT2D eigenvalue weighted by Crippen LogP contribution is -1.93. The fourth-order valence-corrected chi connectivity index (χ4v) is 1.55. The topological polar surface area (TPSA) is 56.5 Å². The third-order valence-electron chi connectivity index (χ3n) is 1.97. The molecule has 0 N–H and O–H groups in total. The van der Waals surface area contributed by atoms with Gasteiger partial charge in [0, 0.05) is 6.92 Å². The second kappa shape index (κ2) is 3.51. The van der Waals surface area contributed by atoms with Gasteiger partial charge in [-0.3, -0.25) is 9.20 Å². The third kappa shape index (κ3) is 1.55. The van der Waals surface area contributed by atoms with Crippen LogP contribution in [0.5, 0.6) is 5.88 Å². The van der Waals surface area contributed by atoms with E-state index >= 15 is 0 Å². The summed E-state index contributed by atoms with van der Waals surface area (Å²) in [7, 11) is 1.50. The molecule has 2 heterocycles. The molecule has 0 aromatic carbocycles. The van der Waals surface area contributed by atoms with Gasteiger partial charge in [-0.25, -0.2) is 9.97 Å². The first-order valence-corrected chi connectivity index (χ1v) is 4.60. The molecule has 0 spiro atoms. The fourth-order valence-electron chi connectivity index (χ4n) is 1.24. The number of ketones is 1. The minimum atomic E-state index is -0.178. The van der Waals surface area contributed by atoms with Gasteiger partial charge in [0.15, 0.2) is 11.4 Å². The minimum Gasteiger partial charge on any atom is -0.480 e. The molecule has 2 rings (SSSR count). The number of carbonyl (C=O) groups is 1. The molecule has 0 unspecified atom stereocenters. The smallest absolute Gasteiger partial charge is 0.230 e. The molecule has 0 amide bonds. The molecular formula is C9H8ClN3O2. The highest BCUT2D eigenvalue weighted by molar-refractivity contribution is 6.32. The average Bonchev–Trinajstić information content (AvgIpc) is 2.56. The molecule has 2 aromatic rings. The maximum atomic E-state index is 11.2. The van der Waals surface area contributed by atoms with Gasteiger partial charge < -0.3 is 4.74 Å². The molecule has 0 saturated carbocycles. The van der Waals surface area contributed by atoms with Gasteiger partial charge in [-0.05, 0) is 0 Å². The van der Waals surface area contributed by atoms with Crippen molar-refractivity contribution in [1.82, 2.24) is 14.4 Å². The van der Waals surface area contributed by atoms with E-state index < -0.39 is 0 Å². The van der Waals surface area contributed by atoms with E-state index in [9.17, 15) is 4.79 Å². The first-order chi connectivity index (χ1) is 7.13. The van der Waals surface area contributed by atoms with E-state index in [2.05, 4.69) is 9.97 Å². The molecule has 78 valence electrons. The van der Waals surface area contributed by atoms with Crippen LogP contribution in [0.25, 0.3) is 5.65 Å². The first-order valence-electron chi connectivity index (χ1n) is 4.22. The summed E-state index contributed by atoms with van der Waals surface area (Å²) in [5.41, 5.74) is 0.762. The Labute approximate surface area is 90.7 Å². The Hall–Kier alpha value is -1.62. The number of halogens is 1. The maximum Gasteiger partial charge on any atom is 0.230 e. The van der Waals surface area contributed by atoms with Crippen LogP contribution in [0.15, 0.2) is 12.4 Å². The van der Waals surface area contributed by atoms with Gasteiger partial charge in [0.2, 0.25) is 5.88 Å². The van der Waals surface area contributed by atoms with E-state index in [0.717, 1.165) is 0 Å². The zero-order valence-electron chi connectivity index (χ0n) is 8.19. The molecule has 0 bridgehead atoms. The highest BCUT2D eigenvalue weighted by Gasteiger charge is 2.14. The van der Waals surface area contributed by atoms with Crippen LogP contribution >= 0.6 is 11.6 Å². The molecule has 0 aliphatic carbocycles. The summed E-state index contributed by atoms with van der Waals surface area (Å²) in [5.74, 6) is 0.236. The molecule has 15 heavy (non-hydrogen) atoms. The van der Waals surface area contributed by atoms with E-state index in [0.29, 0.717) is 11.5 Å². The Morgan fingerprint density at radius 1 is 1.60 bits per heavy atom. The van der Waals surface area contributed by atoms with Crippen molar-refractivity contribution in [3.05, 3.63) is 23.2 Å². The summed E-state index contributed by atoms with van der Waals surface area (Å²) < 4.78 is 6.50. The van der Waals surface area contributed by atoms with Crippen molar-refractivity contribution in [2.24, 2.45) is 0 Å². The summed E-state index contributed by atoms with van der Waals surface area (Å²) in [6.07, 6.45) is 3.08. The van der Waals surface area contributed by atoms with Gasteiger partial charge in [-0.2, -0.15) is 0 Å². The van der Waals surface area contributed by atoms with Gasteiger partial charge in [0.25, 0.3) is 0 Å². The predicted molar refractivity (Wildman–Crippen MR) is 54.6 cm³/mol. The van der Waals surface area contributed by atoms with Crippen LogP contribution < -0.4 is 4.74 Å². The summed E-state index contributed by atoms with van der Waals surface area (Å²) in [6, 6.07) is 0. The monoisotopic (exact) mass is 225 g/mol. The van der Waals surface area contributed by atoms with Gasteiger partial charge >= 0.3 is 0 Å². The van der Waals surface area contributed by atoms with Gasteiger partial charge in [0.1, 0.15) is 10.8 Å². The van der Waals surface area contributed by atoms with Gasteiger partial charge in [0.05, 0.1) is 19.5 Å². The van der Waals surface area contributed by atoms with Crippen molar-refractivity contribution in [2.75, 3.05) is 7.11 Å². The van der Waals surface area contributed by atoms with Crippen LogP contribution in [0.3, 0.4) is 0 Å². The zero-order chi connectivity index (χ0) is 11.0. The average molecular weight is 226 g/mol. The summed E-state index contributed by atoms with van der Waals surface area (Å²) in [4.78, 5) is 19.2. The van der Waals surface area contributed by atoms with Crippen molar-refractivity contribution in [3.63, 3.8) is 0 Å². The van der Waals surface area contributed by atoms with Crippen molar-refractivity contribution in [2.45, 2.75) is 6.92 Å². The van der Waals surface area contributed by atoms with Crippen molar-refractivity contribution < 1.29 is 9.53 Å². The number of fused-ring (bicyclic) bond motifs is 1. The number of ether oxygens (including phenoxy) is 1. The maximum absolute atomic E-state index is 11.2. The largest absolute Gasteiger partial charge is 0.480 e. The van der Waals surface area contributed by atoms with Crippen LogP contribution in [0.4, 0.5) is 0 Å². The Bertz CT molecular complexity index is 535. The number of imidazole rings is 1. The summed E-state index contributed by atoms with van der Waals surface area (Å²) >= 11 is 5.98. The van der Waals surface area contributed by atoms with Crippen LogP contribution in [-0.4, -0.2) is 27.3 Å². The Morgan fingerprint density at radius 3 is 2.93 bits per heavy atom. The van der Waals surface area contributed by atoms with Crippen molar-refractivity contribution >= 4 is 23.0 Å². The minimum absolute atomic E-state index is 0.178. The zero-order valence-corrected chi connectivity index (χ0v) is 8.95. The molecular weight excluding hydrogens is 218 g/mol. The first kappa shape index (κ1) is 9.92. The summed E-state index contributed by atoms with van der Waals surface area (Å²) in [5, 5.41) is 0.276. The standard InChI is InChI=1S/C9H8ClN3O2/c1-5(14)8-9(10)13-4-7(15-2)11-3-6(13)12-8/h3-4H,1-2H3. The number of hydrogen-bond donors (Lipinski definition) is 0. The number of rotatable bonds is 2. The molecule has 2 aromatic heterocycles. The van der Waals surface area contributed by atoms with Crippen LogP contribution in [0.1, 0.15) is 17.4 Å². The highest BCUT2D eigenvalue weighted by Crippen LogP contribution is 2.20. The number of hydrogen-bond acceptors (Lipinski definition) is 4. The third-order valence-corrected chi connectivity index (χ3v) is 2.33. The number of aromatic nitrogens is 3. The molecule has 0 aliphatic rings. The second-order valence-corrected chi connectivity index (χ2v) is 3.32. The van der Waals surface area contributed by atoms with Crippen molar-refractivity contribution in [1.29, 1.82) is 0 Å². The lowest BCUT2D eigenvalue weighted by Gasteiger charge is -1.98. The normalized spacial score (nSPS) is 10.6. The Balaban J connectivity index is 2.72. The molecule has 0 fully saturated rings. The van der Waals surface area contributed by atoms with Crippen molar-refractivity contribution in [3.8, 4) is 5.88 Å². The molecule has 0 aliphatic heterocycles. The summed E-state index contributed by atoms with van der Waals surface area (Å²) in [6.45, 7) is 1.41. The number of methoxy groups -OCH3 is 1. The predicted octanol–water partition coefficient (Wildman–Crippen LogP) is 1.59. The van der Waals surface area contributed by atoms with E-state index in [-0.39, 0.29) is 16.6 Å². The van der Waals surface area contributed by atoms with Gasteiger partial charge in [-0.1, -0.05) is 11.6 Å². The number of nitrogens with zero attached hydrogens (tertiary/aromatic N) is 3. The SMILES string of the molecule is COc1cn2c(Cl)c(C(C)=O)nc2cn1. The quantitative estimate of drug-likeness (QED) is 0.729. The molecule has 0 atom stereocenters. The number of carbonyl (C=O) groups excluding carboxylic acids is 1. The van der Waals surface area contributed by atoms with E-state index in [1.807, 2.05) is 0 Å². The molecule has 6 heteroatoms. The molecule has 5 nitrogen and oxygen atoms in total. The van der Waals surface area contributed by atoms with Crippen LogP contribution in [-0.2, 0) is 0 Å². The second-order valence-electron chi connectivity index (χ2n) is 2.97. The fraction of sp³-hybridized carbons (Fsp3) is 0.222.